The smallest absolute Gasteiger partial charge is 1.00 e. The number of rotatable bonds is 0. The minimum Gasteiger partial charge on any atom is -1.00 e. The van der Waals surface area contributed by atoms with Crippen LogP contribution in [0.2, 0.25) is 0 Å². The van der Waals surface area contributed by atoms with E-state index in [-0.39, 0.29) is 101 Å². The van der Waals surface area contributed by atoms with Crippen molar-refractivity contribution in [2.45, 2.75) is 0 Å². The average molecular weight is 292 g/mol. The minimum absolute atomic E-state index is 0. The average Bonchev–Trinajstić information content (AvgIpc) is 0. The van der Waals surface area contributed by atoms with E-state index in [1.165, 1.54) is 0 Å². The third-order valence-corrected chi connectivity index (χ3v) is 0. The Morgan fingerprint density at radius 2 is 0.429 bits per heavy atom. The number of halogens is 5. The number of hydrogen-bond acceptors (Lipinski definition) is 0. The maximum absolute atomic E-state index is 0. The maximum atomic E-state index is 0. The summed E-state index contributed by atoms with van der Waals surface area (Å²) < 4.78 is 0. The zero-order valence-corrected chi connectivity index (χ0v) is 7.43. The Labute approximate surface area is 99.3 Å². The molecule has 0 spiro atoms. The Balaban J connectivity index is 0. The monoisotopic (exact) mass is 293 g/mol. The largest absolute Gasteiger partial charge is 3.00 e. The van der Waals surface area contributed by atoms with Crippen LogP contribution in [0.25, 0.3) is 0 Å². The zero-order valence-electron chi connectivity index (χ0n) is 2.95. The molecule has 0 saturated heterocycles. The molecule has 0 aliphatic carbocycles. The molecule has 45 valence electrons. The second-order valence-corrected chi connectivity index (χ2v) is 0. The molecular formula is CaF5Gd. The van der Waals surface area contributed by atoms with E-state index in [1.54, 1.807) is 0 Å². The summed E-state index contributed by atoms with van der Waals surface area (Å²) in [6.07, 6.45) is 0. The van der Waals surface area contributed by atoms with Crippen LogP contribution >= 0.6 is 0 Å². The zero-order chi connectivity index (χ0) is 0. The fourth-order valence-electron chi connectivity index (χ4n) is 0. The third-order valence-electron chi connectivity index (χ3n) is 0. The Kier molecular flexibility index (Phi) is 1550. The van der Waals surface area contributed by atoms with Crippen LogP contribution in [0.3, 0.4) is 0 Å². The van der Waals surface area contributed by atoms with Gasteiger partial charge in [0.25, 0.3) is 0 Å². The Hall–Kier alpha value is 2.23. The summed E-state index contributed by atoms with van der Waals surface area (Å²) in [6.45, 7) is 0. The SMILES string of the molecule is [Ca+2].[F-].[F-].[F-].[F-].[F-].[Gd+3]. The van der Waals surface area contributed by atoms with Gasteiger partial charge in [0.2, 0.25) is 0 Å². The summed E-state index contributed by atoms with van der Waals surface area (Å²) in [6, 6.07) is 0. The van der Waals surface area contributed by atoms with Crippen LogP contribution in [0.4, 0.5) is 0 Å². The van der Waals surface area contributed by atoms with Crippen molar-refractivity contribution in [3.63, 3.8) is 0 Å². The molecule has 0 aromatic rings. The van der Waals surface area contributed by atoms with Crippen LogP contribution in [0, 0.1) is 39.9 Å². The first-order valence-corrected chi connectivity index (χ1v) is 0. The van der Waals surface area contributed by atoms with Gasteiger partial charge in [-0.05, 0) is 0 Å². The summed E-state index contributed by atoms with van der Waals surface area (Å²) in [5, 5.41) is 0. The molecule has 0 aromatic heterocycles. The summed E-state index contributed by atoms with van der Waals surface area (Å²) >= 11 is 0. The second-order valence-electron chi connectivity index (χ2n) is 0. The molecule has 0 nitrogen and oxygen atoms in total. The molecule has 0 N–H and O–H groups in total. The number of hydrogen-bond donors (Lipinski definition) is 0. The molecule has 7 heteroatoms. The van der Waals surface area contributed by atoms with Gasteiger partial charge in [-0.2, -0.15) is 0 Å². The molecule has 0 heterocycles. The van der Waals surface area contributed by atoms with Gasteiger partial charge in [-0.15, -0.1) is 0 Å². The molecule has 0 rings (SSSR count). The van der Waals surface area contributed by atoms with Crippen molar-refractivity contribution in [2.75, 3.05) is 0 Å². The van der Waals surface area contributed by atoms with Gasteiger partial charge < -0.3 is 23.5 Å². The van der Waals surface area contributed by atoms with Crippen LogP contribution in [0.15, 0.2) is 0 Å². The van der Waals surface area contributed by atoms with Crippen molar-refractivity contribution in [3.05, 3.63) is 0 Å². The van der Waals surface area contributed by atoms with Gasteiger partial charge in [0, 0.05) is 0 Å². The van der Waals surface area contributed by atoms with Gasteiger partial charge >= 0.3 is 77.7 Å². The molecule has 0 fully saturated rings. The molecule has 0 bridgehead atoms. The van der Waals surface area contributed by atoms with E-state index in [0.29, 0.717) is 0 Å². The van der Waals surface area contributed by atoms with Crippen LogP contribution in [-0.4, -0.2) is 37.7 Å². The first-order chi connectivity index (χ1) is 0. The summed E-state index contributed by atoms with van der Waals surface area (Å²) in [7, 11) is 0. The molecule has 0 atom stereocenters. The van der Waals surface area contributed by atoms with E-state index < -0.39 is 0 Å². The van der Waals surface area contributed by atoms with Gasteiger partial charge in [-0.25, -0.2) is 0 Å². The standard InChI is InChI=1S/Ca.5FH.Gd/h;5*1H;/q+2;;;;;;+3/p-5. The van der Waals surface area contributed by atoms with Crippen molar-refractivity contribution in [1.82, 2.24) is 0 Å². The van der Waals surface area contributed by atoms with Crippen molar-refractivity contribution in [3.8, 4) is 0 Å². The molecule has 1 radical (unpaired) electrons. The summed E-state index contributed by atoms with van der Waals surface area (Å²) in [4.78, 5) is 0. The Morgan fingerprint density at radius 1 is 0.429 bits per heavy atom. The molecule has 0 aliphatic heterocycles. The van der Waals surface area contributed by atoms with E-state index in [1.807, 2.05) is 0 Å². The Morgan fingerprint density at radius 3 is 0.429 bits per heavy atom. The molecule has 7 heavy (non-hydrogen) atoms. The normalized spacial score (nSPS) is 0. The van der Waals surface area contributed by atoms with Gasteiger partial charge in [0.05, 0.1) is 0 Å². The van der Waals surface area contributed by atoms with E-state index in [9.17, 15) is 0 Å². The van der Waals surface area contributed by atoms with Crippen molar-refractivity contribution in [2.24, 2.45) is 0 Å². The summed E-state index contributed by atoms with van der Waals surface area (Å²) in [5.41, 5.74) is 0. The van der Waals surface area contributed by atoms with Gasteiger partial charge in [-0.1, -0.05) is 0 Å². The van der Waals surface area contributed by atoms with E-state index in [2.05, 4.69) is 0 Å². The molecule has 0 aliphatic rings. The van der Waals surface area contributed by atoms with Gasteiger partial charge in [0.1, 0.15) is 0 Å². The van der Waals surface area contributed by atoms with E-state index >= 15 is 0 Å². The molecule has 0 unspecified atom stereocenters. The van der Waals surface area contributed by atoms with Crippen molar-refractivity contribution in [1.29, 1.82) is 0 Å². The fraction of sp³-hybridized carbons (Fsp3) is 0. The van der Waals surface area contributed by atoms with Gasteiger partial charge in [-0.3, -0.25) is 0 Å². The van der Waals surface area contributed by atoms with E-state index in [0.717, 1.165) is 0 Å². The van der Waals surface area contributed by atoms with Crippen LogP contribution in [-0.2, 0) is 0 Å². The first kappa shape index (κ1) is 125. The molecule has 0 saturated carbocycles. The topological polar surface area (TPSA) is 0 Å². The predicted molar refractivity (Wildman–Crippen MR) is 5.75 cm³/mol. The Bertz CT molecular complexity index is 8.04. The summed E-state index contributed by atoms with van der Waals surface area (Å²) in [5.74, 6) is 0. The maximum Gasteiger partial charge on any atom is 3.00 e. The van der Waals surface area contributed by atoms with Crippen LogP contribution in [0.5, 0.6) is 0 Å². The molecule has 0 amide bonds. The minimum atomic E-state index is 0. The quantitative estimate of drug-likeness (QED) is 0.307. The van der Waals surface area contributed by atoms with Gasteiger partial charge in [0.15, 0.2) is 0 Å². The predicted octanol–water partition coefficient (Wildman–Crippen LogP) is -15.4. The molecular weight excluding hydrogens is 292 g/mol. The fourth-order valence-corrected chi connectivity index (χ4v) is 0. The van der Waals surface area contributed by atoms with Crippen molar-refractivity contribution < 1.29 is 63.5 Å². The first-order valence-electron chi connectivity index (χ1n) is 0. The van der Waals surface area contributed by atoms with Crippen LogP contribution in [0.1, 0.15) is 0 Å². The third kappa shape index (κ3) is 64.1. The second kappa shape index (κ2) is 86.3. The van der Waals surface area contributed by atoms with E-state index in [4.69, 9.17) is 0 Å². The molecule has 0 aromatic carbocycles. The van der Waals surface area contributed by atoms with Crippen LogP contribution < -0.4 is 23.5 Å². The van der Waals surface area contributed by atoms with Crippen molar-refractivity contribution >= 4 is 37.7 Å².